The zero-order valence-electron chi connectivity index (χ0n) is 16.2. The van der Waals surface area contributed by atoms with Crippen molar-refractivity contribution in [3.05, 3.63) is 106 Å². The highest BCUT2D eigenvalue weighted by Gasteiger charge is 2.24. The highest BCUT2D eigenvalue weighted by Crippen LogP contribution is 2.26. The van der Waals surface area contributed by atoms with E-state index < -0.39 is 17.4 Å². The molecule has 0 saturated heterocycles. The third-order valence-corrected chi connectivity index (χ3v) is 4.79. The molecule has 8 nitrogen and oxygen atoms in total. The van der Waals surface area contributed by atoms with Crippen LogP contribution in [0.25, 0.3) is 11.5 Å². The van der Waals surface area contributed by atoms with E-state index in [2.05, 4.69) is 19.6 Å². The van der Waals surface area contributed by atoms with E-state index in [1.54, 1.807) is 0 Å². The first-order valence-electron chi connectivity index (χ1n) is 9.44. The van der Waals surface area contributed by atoms with Crippen molar-refractivity contribution in [2.24, 2.45) is 0 Å². The summed E-state index contributed by atoms with van der Waals surface area (Å²) in [7, 11) is 0. The molecule has 0 aliphatic rings. The van der Waals surface area contributed by atoms with Gasteiger partial charge in [-0.25, -0.2) is 9.78 Å². The molecule has 2 aromatic carbocycles. The van der Waals surface area contributed by atoms with Gasteiger partial charge in [0, 0.05) is 24.2 Å². The largest absolute Gasteiger partial charge is 0.475 e. The molecule has 31 heavy (non-hydrogen) atoms. The van der Waals surface area contributed by atoms with Gasteiger partial charge >= 0.3 is 5.97 Å². The summed E-state index contributed by atoms with van der Waals surface area (Å²) in [4.78, 5) is 43.4. The molecule has 0 atom stereocenters. The van der Waals surface area contributed by atoms with Crippen molar-refractivity contribution < 1.29 is 19.2 Å². The number of carbonyl (C=O) groups is 2. The van der Waals surface area contributed by atoms with Crippen molar-refractivity contribution >= 4 is 11.8 Å². The van der Waals surface area contributed by atoms with Gasteiger partial charge in [-0.15, -0.1) is 0 Å². The summed E-state index contributed by atoms with van der Waals surface area (Å²) >= 11 is 0. The number of nitrogens with one attached hydrogen (secondary N) is 1. The number of carboxylic acids is 1. The monoisotopic (exact) mass is 415 g/mol. The van der Waals surface area contributed by atoms with E-state index in [1.807, 2.05) is 60.7 Å². The summed E-state index contributed by atoms with van der Waals surface area (Å²) in [5, 5.41) is 12.5. The van der Waals surface area contributed by atoms with Gasteiger partial charge in [-0.3, -0.25) is 9.59 Å². The van der Waals surface area contributed by atoms with E-state index in [-0.39, 0.29) is 35.0 Å². The van der Waals surface area contributed by atoms with Crippen molar-refractivity contribution in [3.8, 4) is 11.5 Å². The molecule has 8 heteroatoms. The van der Waals surface area contributed by atoms with E-state index >= 15 is 0 Å². The van der Waals surface area contributed by atoms with Gasteiger partial charge in [-0.1, -0.05) is 65.8 Å². The molecular weight excluding hydrogens is 398 g/mol. The normalized spacial score (nSPS) is 10.9. The number of ketones is 1. The third kappa shape index (κ3) is 4.32. The van der Waals surface area contributed by atoms with Crippen LogP contribution in [0.1, 0.15) is 33.2 Å². The number of carboxylic acid groups (broad SMARTS) is 1. The van der Waals surface area contributed by atoms with Gasteiger partial charge in [-0.05, 0) is 11.1 Å². The summed E-state index contributed by atoms with van der Waals surface area (Å²) in [6.45, 7) is 0. The van der Waals surface area contributed by atoms with Gasteiger partial charge in [0.1, 0.15) is 11.5 Å². The van der Waals surface area contributed by atoms with Crippen LogP contribution in [-0.2, 0) is 11.2 Å². The fourth-order valence-corrected chi connectivity index (χ4v) is 3.31. The predicted molar refractivity (Wildman–Crippen MR) is 111 cm³/mol. The number of Topliss-reactive ketones (excluding diaryl/α,β-unsaturated/α-hetero) is 1. The minimum Gasteiger partial charge on any atom is -0.475 e. The highest BCUT2D eigenvalue weighted by atomic mass is 16.5. The van der Waals surface area contributed by atoms with Gasteiger partial charge in [0.05, 0.1) is 5.92 Å². The van der Waals surface area contributed by atoms with E-state index in [0.29, 0.717) is 0 Å². The molecule has 0 aliphatic heterocycles. The van der Waals surface area contributed by atoms with E-state index in [1.165, 1.54) is 6.20 Å². The molecule has 0 saturated carbocycles. The van der Waals surface area contributed by atoms with Gasteiger partial charge < -0.3 is 14.6 Å². The summed E-state index contributed by atoms with van der Waals surface area (Å²) in [6, 6.07) is 19.9. The number of aromatic amines is 1. The zero-order chi connectivity index (χ0) is 21.8. The topological polar surface area (TPSA) is 126 Å². The Balaban J connectivity index is 1.62. The Morgan fingerprint density at radius 2 is 1.61 bits per heavy atom. The molecule has 4 rings (SSSR count). The standard InChI is InChI=1S/C23H17N3O5/c27-18(20(14-7-3-1-4-8-14)15-9-5-2-6-10-15)11-16-13-24-21(25-22(16)28)17-12-19(23(29)30)31-26-17/h1-10,12-13,20H,11H2,(H,29,30)(H,24,25,28). The van der Waals surface area contributed by atoms with Gasteiger partial charge in [0.25, 0.3) is 5.56 Å². The molecule has 0 aliphatic carbocycles. The van der Waals surface area contributed by atoms with Crippen molar-refractivity contribution in [2.75, 3.05) is 0 Å². The van der Waals surface area contributed by atoms with Crippen LogP contribution in [0.15, 0.2) is 82.2 Å². The first kappa shape index (κ1) is 20.0. The Morgan fingerprint density at radius 1 is 1.00 bits per heavy atom. The molecule has 154 valence electrons. The van der Waals surface area contributed by atoms with Crippen LogP contribution in [0.3, 0.4) is 0 Å². The van der Waals surface area contributed by atoms with Crippen molar-refractivity contribution in [2.45, 2.75) is 12.3 Å². The SMILES string of the molecule is O=C(O)c1cc(-c2ncc(CC(=O)C(c3ccccc3)c3ccccc3)c(=O)[nH]2)no1. The van der Waals surface area contributed by atoms with Crippen LogP contribution in [0.4, 0.5) is 0 Å². The Morgan fingerprint density at radius 3 is 2.13 bits per heavy atom. The Bertz CT molecular complexity index is 1240. The lowest BCUT2D eigenvalue weighted by Crippen LogP contribution is -2.22. The molecule has 4 aromatic rings. The zero-order valence-corrected chi connectivity index (χ0v) is 16.2. The second-order valence-corrected chi connectivity index (χ2v) is 6.87. The van der Waals surface area contributed by atoms with Gasteiger partial charge in [-0.2, -0.15) is 0 Å². The Kier molecular flexibility index (Phi) is 5.53. The lowest BCUT2D eigenvalue weighted by Gasteiger charge is -2.17. The van der Waals surface area contributed by atoms with E-state index in [9.17, 15) is 14.4 Å². The number of aromatic carboxylic acids is 1. The maximum absolute atomic E-state index is 13.2. The minimum absolute atomic E-state index is 0.0557. The number of H-pyrrole nitrogens is 1. The molecule has 0 bridgehead atoms. The van der Waals surface area contributed by atoms with Crippen molar-refractivity contribution in [1.82, 2.24) is 15.1 Å². The Hall–Kier alpha value is -4.33. The number of nitrogens with zero attached hydrogens (tertiary/aromatic N) is 2. The first-order chi connectivity index (χ1) is 15.0. The Labute approximate surface area is 176 Å². The fourth-order valence-electron chi connectivity index (χ4n) is 3.31. The number of rotatable bonds is 7. The van der Waals surface area contributed by atoms with Crippen molar-refractivity contribution in [3.63, 3.8) is 0 Å². The maximum Gasteiger partial charge on any atom is 0.374 e. The van der Waals surface area contributed by atoms with Crippen LogP contribution in [0, 0.1) is 0 Å². The number of benzene rings is 2. The summed E-state index contributed by atoms with van der Waals surface area (Å²) in [5.41, 5.74) is 1.46. The molecule has 0 fully saturated rings. The van der Waals surface area contributed by atoms with Crippen LogP contribution in [0.2, 0.25) is 0 Å². The molecule has 0 spiro atoms. The van der Waals surface area contributed by atoms with Gasteiger partial charge in [0.2, 0.25) is 5.76 Å². The first-order valence-corrected chi connectivity index (χ1v) is 9.44. The summed E-state index contributed by atoms with van der Waals surface area (Å²) in [6.07, 6.45) is 1.19. The number of hydrogen-bond acceptors (Lipinski definition) is 6. The maximum atomic E-state index is 13.2. The quantitative estimate of drug-likeness (QED) is 0.475. The molecule has 0 unspecified atom stereocenters. The predicted octanol–water partition coefficient (Wildman–Crippen LogP) is 3.07. The van der Waals surface area contributed by atoms with Crippen LogP contribution < -0.4 is 5.56 Å². The van der Waals surface area contributed by atoms with Crippen LogP contribution in [-0.4, -0.2) is 32.0 Å². The lowest BCUT2D eigenvalue weighted by atomic mass is 9.85. The lowest BCUT2D eigenvalue weighted by molar-refractivity contribution is -0.119. The third-order valence-electron chi connectivity index (χ3n) is 4.79. The van der Waals surface area contributed by atoms with E-state index in [4.69, 9.17) is 5.11 Å². The molecule has 0 amide bonds. The van der Waals surface area contributed by atoms with Crippen LogP contribution in [0.5, 0.6) is 0 Å². The fraction of sp³-hybridized carbons (Fsp3) is 0.0870. The number of carbonyl (C=O) groups excluding carboxylic acids is 1. The molecular formula is C23H17N3O5. The number of aromatic nitrogens is 3. The average molecular weight is 415 g/mol. The minimum atomic E-state index is -1.28. The van der Waals surface area contributed by atoms with Gasteiger partial charge in [0.15, 0.2) is 5.82 Å². The molecule has 2 heterocycles. The van der Waals surface area contributed by atoms with E-state index in [0.717, 1.165) is 17.2 Å². The van der Waals surface area contributed by atoms with Crippen LogP contribution >= 0.6 is 0 Å². The molecule has 0 radical (unpaired) electrons. The smallest absolute Gasteiger partial charge is 0.374 e. The molecule has 2 N–H and O–H groups in total. The average Bonchev–Trinajstić information content (AvgIpc) is 3.28. The second kappa shape index (κ2) is 8.58. The summed E-state index contributed by atoms with van der Waals surface area (Å²) < 4.78 is 4.68. The second-order valence-electron chi connectivity index (χ2n) is 6.87. The summed E-state index contributed by atoms with van der Waals surface area (Å²) in [5.74, 6) is -2.26. The molecule has 2 aromatic heterocycles. The van der Waals surface area contributed by atoms with Crippen molar-refractivity contribution in [1.29, 1.82) is 0 Å². The number of hydrogen-bond donors (Lipinski definition) is 2. The highest BCUT2D eigenvalue weighted by molar-refractivity contribution is 5.90.